The first-order valence-electron chi connectivity index (χ1n) is 22.0. The molecule has 0 spiro atoms. The zero-order chi connectivity index (χ0) is 49.2. The molecule has 0 bridgehead atoms. The fraction of sp³-hybridized carbons (Fsp3) is 0.115. The Balaban J connectivity index is 0.995. The summed E-state index contributed by atoms with van der Waals surface area (Å²) in [6.07, 6.45) is 1.52. The van der Waals surface area contributed by atoms with Gasteiger partial charge in [-0.25, -0.2) is 9.97 Å². The molecule has 7 aromatic carbocycles. The van der Waals surface area contributed by atoms with Crippen LogP contribution in [0.25, 0.3) is 89.0 Å². The first kappa shape index (κ1) is 45.8. The van der Waals surface area contributed by atoms with E-state index in [0.717, 1.165) is 38.8 Å². The molecule has 0 unspecified atom stereocenters. The number of fused-ring (bicyclic) bond motifs is 9. The van der Waals surface area contributed by atoms with Crippen molar-refractivity contribution in [3.8, 4) is 66.9 Å². The predicted molar refractivity (Wildman–Crippen MR) is 302 cm³/mol. The highest BCUT2D eigenvalue weighted by Gasteiger charge is 2.42. The summed E-state index contributed by atoms with van der Waals surface area (Å²) in [5.41, 5.74) is 15.2. The van der Waals surface area contributed by atoms with Gasteiger partial charge in [0.15, 0.2) is 5.58 Å². The third-order valence-corrected chi connectivity index (χ3v) is 14.7. The highest BCUT2D eigenvalue weighted by molar-refractivity contribution is 6.67. The minimum absolute atomic E-state index is 0.178. The zero-order valence-electron chi connectivity index (χ0n) is 38.3. The van der Waals surface area contributed by atoms with E-state index in [-0.39, 0.29) is 38.2 Å². The zero-order valence-corrected chi connectivity index (χ0v) is 38.3. The minimum atomic E-state index is -0.756. The summed E-state index contributed by atoms with van der Waals surface area (Å²) >= 11 is 0. The number of furan rings is 1. The average molecular weight is 844 g/mol. The summed E-state index contributed by atoms with van der Waals surface area (Å²) in [6.45, 7) is 8.00. The van der Waals surface area contributed by atoms with Crippen LogP contribution in [0.3, 0.4) is 0 Å². The lowest BCUT2D eigenvalue weighted by Crippen LogP contribution is -2.51. The van der Waals surface area contributed by atoms with Crippen LogP contribution in [0.2, 0.25) is 0 Å². The summed E-state index contributed by atoms with van der Waals surface area (Å²) in [4.78, 5) is 9.44. The van der Waals surface area contributed by atoms with Gasteiger partial charge >= 0.3 is 0 Å². The normalized spacial score (nSPS) is 14.0. The molecule has 0 aliphatic heterocycles. The number of aromatic nitrogens is 2. The van der Waals surface area contributed by atoms with Gasteiger partial charge in [-0.15, -0.1) is 21.9 Å². The number of hydrogen-bond acceptors (Lipinski definition) is 3. The van der Waals surface area contributed by atoms with Crippen molar-refractivity contribution in [3.05, 3.63) is 95.3 Å². The van der Waals surface area contributed by atoms with E-state index in [1.165, 1.54) is 6.33 Å². The fourth-order valence-electron chi connectivity index (χ4n) is 11.4. The quantitative estimate of drug-likeness (QED) is 0.175. The maximum Gasteiger partial charge on any atom is 0.180 e. The molecule has 2 aromatic heterocycles. The molecular formula is C52H24B14N2O. The molecular weight excluding hydrogens is 820 g/mol. The maximum atomic E-state index is 7.13. The van der Waals surface area contributed by atoms with Gasteiger partial charge in [-0.05, 0) is 102 Å². The molecule has 2 aliphatic rings. The van der Waals surface area contributed by atoms with E-state index in [1.54, 1.807) is 0 Å². The number of nitrogens with zero attached hydrogens (tertiary/aromatic N) is 2. The summed E-state index contributed by atoms with van der Waals surface area (Å²) < 4.78 is 6.55. The molecule has 0 N–H and O–H groups in total. The summed E-state index contributed by atoms with van der Waals surface area (Å²) in [7, 11) is 93.6. The Labute approximate surface area is 421 Å². The molecule has 290 valence electrons. The van der Waals surface area contributed by atoms with Gasteiger partial charge in [0.2, 0.25) is 0 Å². The van der Waals surface area contributed by atoms with Gasteiger partial charge in [0.25, 0.3) is 0 Å². The van der Waals surface area contributed by atoms with Crippen LogP contribution in [0.15, 0.2) is 77.5 Å². The first-order chi connectivity index (χ1) is 32.6. The third-order valence-electron chi connectivity index (χ3n) is 14.7. The molecule has 17 heteroatoms. The summed E-state index contributed by atoms with van der Waals surface area (Å²) in [5, 5.41) is 0.781. The van der Waals surface area contributed by atoms with Gasteiger partial charge in [0, 0.05) is 21.8 Å². The molecule has 11 rings (SSSR count). The van der Waals surface area contributed by atoms with Gasteiger partial charge in [-0.1, -0.05) is 125 Å². The topological polar surface area (TPSA) is 38.9 Å². The van der Waals surface area contributed by atoms with Crippen molar-refractivity contribution < 1.29 is 4.42 Å². The van der Waals surface area contributed by atoms with Crippen molar-refractivity contribution in [2.75, 3.05) is 0 Å². The molecule has 2 aliphatic carbocycles. The summed E-state index contributed by atoms with van der Waals surface area (Å²) in [6, 6.07) is 21.5. The molecule has 9 aromatic rings. The average Bonchev–Trinajstić information content (AvgIpc) is 3.92. The Kier molecular flexibility index (Phi) is 10.2. The van der Waals surface area contributed by atoms with Crippen LogP contribution in [-0.4, -0.2) is 120 Å². The molecule has 28 radical (unpaired) electrons. The van der Waals surface area contributed by atoms with E-state index >= 15 is 0 Å². The van der Waals surface area contributed by atoms with Crippen LogP contribution < -0.4 is 76.5 Å². The highest BCUT2D eigenvalue weighted by atomic mass is 16.3. The van der Waals surface area contributed by atoms with E-state index in [2.05, 4.69) is 0 Å². The number of benzene rings is 7. The SMILES string of the molecule is [B]c1c([B])c([B])c2c(c1[B])-c1c([B])c([B])c(-c3cccc(-c4ccc5oc6c(-c7cccc(-c8c([B])c([B])c9c(c8[B])C(C)(C)c8c([B])c([B])c([B])c([B])c8-9)c7)ncnc6c5c4)c3)c([B])c1C2(C)C. The van der Waals surface area contributed by atoms with E-state index < -0.39 is 10.8 Å². The molecule has 69 heavy (non-hydrogen) atoms. The van der Waals surface area contributed by atoms with Crippen LogP contribution in [0.1, 0.15) is 49.9 Å². The molecule has 0 amide bonds. The van der Waals surface area contributed by atoms with Crippen LogP contribution in [-0.2, 0) is 10.8 Å². The van der Waals surface area contributed by atoms with Crippen molar-refractivity contribution in [1.82, 2.24) is 9.97 Å². The molecule has 3 nitrogen and oxygen atoms in total. The monoisotopic (exact) mass is 846 g/mol. The molecule has 0 saturated carbocycles. The van der Waals surface area contributed by atoms with Crippen molar-refractivity contribution in [2.24, 2.45) is 0 Å². The van der Waals surface area contributed by atoms with Crippen molar-refractivity contribution in [2.45, 2.75) is 38.5 Å². The van der Waals surface area contributed by atoms with Gasteiger partial charge in [0.1, 0.15) is 133 Å². The Morgan fingerprint density at radius 2 is 0.739 bits per heavy atom. The predicted octanol–water partition coefficient (Wildman–Crippen LogP) is -3.23. The van der Waals surface area contributed by atoms with Gasteiger partial charge in [0.05, 0.1) is 0 Å². The first-order valence-corrected chi connectivity index (χ1v) is 22.0. The third kappa shape index (κ3) is 6.07. The van der Waals surface area contributed by atoms with Crippen LogP contribution in [0.4, 0.5) is 0 Å². The maximum absolute atomic E-state index is 7.13. The second-order valence-electron chi connectivity index (χ2n) is 19.2. The van der Waals surface area contributed by atoms with E-state index in [1.807, 2.05) is 94.4 Å². The second kappa shape index (κ2) is 15.4. The van der Waals surface area contributed by atoms with Crippen molar-refractivity contribution in [3.63, 3.8) is 0 Å². The van der Waals surface area contributed by atoms with Gasteiger partial charge in [-0.3, -0.25) is 0 Å². The van der Waals surface area contributed by atoms with Crippen LogP contribution in [0.5, 0.6) is 0 Å². The van der Waals surface area contributed by atoms with E-state index in [9.17, 15) is 0 Å². The smallest absolute Gasteiger partial charge is 0.180 e. The fourth-order valence-corrected chi connectivity index (χ4v) is 11.4. The Morgan fingerprint density at radius 3 is 1.23 bits per heavy atom. The molecule has 0 atom stereocenters. The Bertz CT molecular complexity index is 3860. The Morgan fingerprint density at radius 1 is 0.362 bits per heavy atom. The molecule has 0 fully saturated rings. The Hall–Kier alpha value is -5.67. The van der Waals surface area contributed by atoms with Gasteiger partial charge < -0.3 is 4.42 Å². The van der Waals surface area contributed by atoms with Crippen molar-refractivity contribution >= 4 is 208 Å². The minimum Gasteiger partial charge on any atom is -0.452 e. The second-order valence-corrected chi connectivity index (χ2v) is 19.2. The van der Waals surface area contributed by atoms with Crippen molar-refractivity contribution in [1.29, 1.82) is 0 Å². The van der Waals surface area contributed by atoms with Crippen LogP contribution in [0, 0.1) is 0 Å². The lowest BCUT2D eigenvalue weighted by Gasteiger charge is -2.29. The number of hydrogen-bond donors (Lipinski definition) is 0. The van der Waals surface area contributed by atoms with E-state index in [4.69, 9.17) is 124 Å². The molecule has 0 saturated heterocycles. The lowest BCUT2D eigenvalue weighted by atomic mass is 9.61. The molecule has 2 heterocycles. The van der Waals surface area contributed by atoms with Crippen LogP contribution >= 0.6 is 0 Å². The van der Waals surface area contributed by atoms with Gasteiger partial charge in [-0.2, -0.15) is 0 Å². The highest BCUT2D eigenvalue weighted by Crippen LogP contribution is 2.47. The number of rotatable bonds is 4. The largest absolute Gasteiger partial charge is 0.452 e. The lowest BCUT2D eigenvalue weighted by molar-refractivity contribution is 0.667. The standard InChI is InChI=1S/C52H24B14N2O/c1-51(2)30-26(28-32(51)42(61)46(65)44(63)40(28)59)38(57)36(55)24(34(30)53)19-8-5-7-17(13-19)18-11-12-23-22(15-18)49-50(69-23)48(67-16-68-49)21-10-6-9-20(14-21)25-35(54)31-27(39(58)37(25)56)29-33(52(31,3)4)43(62)47(66)45(64)41(29)60/h5-16H,1-4H3. The summed E-state index contributed by atoms with van der Waals surface area (Å²) in [5.74, 6) is 0. The van der Waals surface area contributed by atoms with E-state index in [0.29, 0.717) is 111 Å².